The molecule has 2 heteroatoms. The van der Waals surface area contributed by atoms with Crippen molar-refractivity contribution in [3.8, 4) is 0 Å². The molecular weight excluding hydrogens is 169 g/mol. The Bertz CT molecular complexity index is 104. The highest BCUT2D eigenvalue weighted by Crippen LogP contribution is 2.10. The molecule has 0 aliphatic rings. The Morgan fingerprint density at radius 2 is 1.29 bits per heavy atom. The van der Waals surface area contributed by atoms with E-state index in [1.165, 1.54) is 57.8 Å². The predicted octanol–water partition coefficient (Wildman–Crippen LogP) is 3.36. The van der Waals surface area contributed by atoms with E-state index in [-0.39, 0.29) is 5.94 Å². The molecule has 0 amide bonds. The lowest BCUT2D eigenvalue weighted by Crippen LogP contribution is -2.18. The van der Waals surface area contributed by atoms with Crippen molar-refractivity contribution in [2.24, 2.45) is 5.73 Å². The Morgan fingerprint density at radius 3 is 1.71 bits per heavy atom. The van der Waals surface area contributed by atoms with Crippen LogP contribution >= 0.6 is 0 Å². The van der Waals surface area contributed by atoms with Gasteiger partial charge in [0.25, 0.3) is 0 Å². The van der Waals surface area contributed by atoms with Gasteiger partial charge in [-0.1, -0.05) is 64.7 Å². The Morgan fingerprint density at radius 1 is 0.857 bits per heavy atom. The van der Waals surface area contributed by atoms with Crippen LogP contribution in [0.15, 0.2) is 0 Å². The van der Waals surface area contributed by atoms with E-state index >= 15 is 0 Å². The largest absolute Gasteiger partial charge is 0.336 e. The van der Waals surface area contributed by atoms with Gasteiger partial charge in [0.05, 0.1) is 7.85 Å². The van der Waals surface area contributed by atoms with E-state index in [4.69, 9.17) is 13.6 Å². The van der Waals surface area contributed by atoms with Crippen LogP contribution in [0.25, 0.3) is 0 Å². The number of unbranched alkanes of at least 4 members (excludes halogenated alkanes) is 8. The van der Waals surface area contributed by atoms with Crippen molar-refractivity contribution >= 4 is 7.85 Å². The van der Waals surface area contributed by atoms with E-state index in [2.05, 4.69) is 6.92 Å². The van der Waals surface area contributed by atoms with E-state index in [9.17, 15) is 0 Å². The van der Waals surface area contributed by atoms with Crippen molar-refractivity contribution < 1.29 is 0 Å². The van der Waals surface area contributed by atoms with Gasteiger partial charge in [-0.3, -0.25) is 0 Å². The molecule has 2 N–H and O–H groups in total. The first-order valence-corrected chi connectivity index (χ1v) is 6.28. The van der Waals surface area contributed by atoms with Crippen LogP contribution < -0.4 is 5.73 Å². The summed E-state index contributed by atoms with van der Waals surface area (Å²) >= 11 is 0. The minimum atomic E-state index is -0.0976. The highest BCUT2D eigenvalue weighted by atomic mass is 14.6. The molecule has 0 saturated heterocycles. The second kappa shape index (κ2) is 11.1. The molecule has 0 bridgehead atoms. The number of rotatable bonds is 10. The third-order valence-electron chi connectivity index (χ3n) is 2.64. The molecule has 2 radical (unpaired) electrons. The van der Waals surface area contributed by atoms with Crippen molar-refractivity contribution in [3.05, 3.63) is 0 Å². The summed E-state index contributed by atoms with van der Waals surface area (Å²) in [5, 5.41) is 0. The van der Waals surface area contributed by atoms with Crippen molar-refractivity contribution in [2.75, 3.05) is 0 Å². The topological polar surface area (TPSA) is 26.0 Å². The van der Waals surface area contributed by atoms with Gasteiger partial charge in [0, 0.05) is 0 Å². The van der Waals surface area contributed by atoms with Gasteiger partial charge in [0.1, 0.15) is 0 Å². The standard InChI is InChI=1S/C12H26BN/c1-2-3-4-5-6-7-8-9-10-11-12(13)14/h12H,2-11,14H2,1H3. The molecule has 0 fully saturated rings. The summed E-state index contributed by atoms with van der Waals surface area (Å²) in [4.78, 5) is 0. The summed E-state index contributed by atoms with van der Waals surface area (Å²) < 4.78 is 0. The lowest BCUT2D eigenvalue weighted by Gasteiger charge is -2.04. The summed E-state index contributed by atoms with van der Waals surface area (Å²) in [7, 11) is 5.47. The van der Waals surface area contributed by atoms with Gasteiger partial charge < -0.3 is 5.73 Å². The van der Waals surface area contributed by atoms with Crippen LogP contribution in [0.1, 0.15) is 71.1 Å². The van der Waals surface area contributed by atoms with Gasteiger partial charge >= 0.3 is 0 Å². The van der Waals surface area contributed by atoms with Gasteiger partial charge in [-0.15, -0.1) is 0 Å². The van der Waals surface area contributed by atoms with Gasteiger partial charge in [-0.25, -0.2) is 0 Å². The molecule has 14 heavy (non-hydrogen) atoms. The summed E-state index contributed by atoms with van der Waals surface area (Å²) in [6, 6.07) is 0. The zero-order valence-electron chi connectivity index (χ0n) is 9.80. The number of hydrogen-bond donors (Lipinski definition) is 1. The van der Waals surface area contributed by atoms with Crippen LogP contribution in [0, 0.1) is 0 Å². The Labute approximate surface area is 91.2 Å². The maximum absolute atomic E-state index is 5.47. The summed E-state index contributed by atoms with van der Waals surface area (Å²) in [5.74, 6) is -0.0976. The van der Waals surface area contributed by atoms with E-state index in [0.29, 0.717) is 0 Å². The first-order valence-electron chi connectivity index (χ1n) is 6.28. The van der Waals surface area contributed by atoms with E-state index in [1.54, 1.807) is 0 Å². The third kappa shape index (κ3) is 12.0. The minimum absolute atomic E-state index is 0.0976. The van der Waals surface area contributed by atoms with Crippen molar-refractivity contribution in [1.82, 2.24) is 0 Å². The molecule has 0 aliphatic heterocycles. The molecule has 0 saturated carbocycles. The summed E-state index contributed by atoms with van der Waals surface area (Å²) in [6.45, 7) is 2.26. The molecule has 1 atom stereocenters. The molecule has 0 heterocycles. The lowest BCUT2D eigenvalue weighted by atomic mass is 9.92. The zero-order chi connectivity index (χ0) is 10.6. The zero-order valence-corrected chi connectivity index (χ0v) is 9.80. The molecule has 0 aromatic heterocycles. The highest BCUT2D eigenvalue weighted by Gasteiger charge is 1.94. The summed E-state index contributed by atoms with van der Waals surface area (Å²) in [5.41, 5.74) is 5.47. The maximum atomic E-state index is 5.47. The Balaban J connectivity index is 2.85. The summed E-state index contributed by atoms with van der Waals surface area (Å²) in [6.07, 6.45) is 13.2. The molecule has 0 rings (SSSR count). The van der Waals surface area contributed by atoms with Gasteiger partial charge in [0.15, 0.2) is 0 Å². The van der Waals surface area contributed by atoms with E-state index in [0.717, 1.165) is 6.42 Å². The monoisotopic (exact) mass is 195 g/mol. The van der Waals surface area contributed by atoms with Crippen LogP contribution in [0.5, 0.6) is 0 Å². The smallest absolute Gasteiger partial charge is 0.0903 e. The van der Waals surface area contributed by atoms with Crippen LogP contribution in [-0.2, 0) is 0 Å². The molecular formula is C12H26BN. The first-order chi connectivity index (χ1) is 6.77. The molecule has 0 spiro atoms. The first kappa shape index (κ1) is 14.0. The quantitative estimate of drug-likeness (QED) is 0.419. The fourth-order valence-electron chi connectivity index (χ4n) is 1.69. The van der Waals surface area contributed by atoms with E-state index < -0.39 is 0 Å². The van der Waals surface area contributed by atoms with Gasteiger partial charge in [0.2, 0.25) is 0 Å². The predicted molar refractivity (Wildman–Crippen MR) is 65.6 cm³/mol. The minimum Gasteiger partial charge on any atom is -0.336 e. The molecule has 0 aromatic rings. The molecule has 82 valence electrons. The second-order valence-corrected chi connectivity index (χ2v) is 4.28. The molecule has 0 aromatic carbocycles. The lowest BCUT2D eigenvalue weighted by molar-refractivity contribution is 0.553. The number of nitrogens with two attached hydrogens (primary N) is 1. The van der Waals surface area contributed by atoms with Gasteiger partial charge in [-0.2, -0.15) is 0 Å². The SMILES string of the molecule is [B]C(N)CCCCCCCCCCC. The maximum Gasteiger partial charge on any atom is 0.0903 e. The normalized spacial score (nSPS) is 13.0. The fourth-order valence-corrected chi connectivity index (χ4v) is 1.69. The Hall–Kier alpha value is 0.0249. The average molecular weight is 195 g/mol. The van der Waals surface area contributed by atoms with E-state index in [1.807, 2.05) is 0 Å². The molecule has 1 nitrogen and oxygen atoms in total. The second-order valence-electron chi connectivity index (χ2n) is 4.28. The van der Waals surface area contributed by atoms with Crippen molar-refractivity contribution in [1.29, 1.82) is 0 Å². The van der Waals surface area contributed by atoms with Gasteiger partial charge in [-0.05, 0) is 12.4 Å². The van der Waals surface area contributed by atoms with Crippen molar-refractivity contribution in [2.45, 2.75) is 77.1 Å². The van der Waals surface area contributed by atoms with Crippen molar-refractivity contribution in [3.63, 3.8) is 0 Å². The van der Waals surface area contributed by atoms with Crippen LogP contribution in [-0.4, -0.2) is 13.8 Å². The molecule has 0 aliphatic carbocycles. The van der Waals surface area contributed by atoms with Crippen LogP contribution in [0.2, 0.25) is 0 Å². The van der Waals surface area contributed by atoms with Crippen LogP contribution in [0.3, 0.4) is 0 Å². The fraction of sp³-hybridized carbons (Fsp3) is 1.00. The van der Waals surface area contributed by atoms with Crippen LogP contribution in [0.4, 0.5) is 0 Å². The highest BCUT2D eigenvalue weighted by molar-refractivity contribution is 6.11. The number of hydrogen-bond acceptors (Lipinski definition) is 1. The third-order valence-corrected chi connectivity index (χ3v) is 2.64. The molecule has 1 unspecified atom stereocenters. The average Bonchev–Trinajstić information content (AvgIpc) is 2.15. The Kier molecular flexibility index (Phi) is 11.1.